The summed E-state index contributed by atoms with van der Waals surface area (Å²) in [5.74, 6) is -0.389. The van der Waals surface area contributed by atoms with Gasteiger partial charge in [-0.25, -0.2) is 4.98 Å². The molecule has 24 heavy (non-hydrogen) atoms. The van der Waals surface area contributed by atoms with Gasteiger partial charge in [-0.05, 0) is 37.4 Å². The van der Waals surface area contributed by atoms with E-state index in [0.717, 1.165) is 36.0 Å². The Labute approximate surface area is 137 Å². The van der Waals surface area contributed by atoms with Gasteiger partial charge in [-0.15, -0.1) is 0 Å². The maximum atomic E-state index is 12.2. The van der Waals surface area contributed by atoms with Crippen LogP contribution in [0.1, 0.15) is 24.4 Å². The van der Waals surface area contributed by atoms with Crippen molar-refractivity contribution in [3.8, 4) is 0 Å². The number of nitrogens with zero attached hydrogens (tertiary/aromatic N) is 6. The number of pyridine rings is 1. The molecule has 1 atom stereocenters. The third-order valence-electron chi connectivity index (χ3n) is 3.97. The first-order valence-corrected chi connectivity index (χ1v) is 7.53. The van der Waals surface area contributed by atoms with Crippen molar-refractivity contribution in [2.24, 2.45) is 0 Å². The highest BCUT2D eigenvalue weighted by atomic mass is 16.6. The maximum Gasteiger partial charge on any atom is 0.490 e. The van der Waals surface area contributed by atoms with Crippen molar-refractivity contribution in [1.82, 2.24) is 24.6 Å². The molecule has 1 N–H and O–H groups in total. The topological polar surface area (TPSA) is 119 Å². The summed E-state index contributed by atoms with van der Waals surface area (Å²) in [5, 5.41) is 16.9. The minimum absolute atomic E-state index is 0.169. The predicted octanol–water partition coefficient (Wildman–Crippen LogP) is 0.987. The van der Waals surface area contributed by atoms with E-state index >= 15 is 0 Å². The number of hydrogen-bond donors (Lipinski definition) is 1. The Morgan fingerprint density at radius 2 is 2.33 bits per heavy atom. The van der Waals surface area contributed by atoms with Crippen LogP contribution >= 0.6 is 0 Å². The summed E-state index contributed by atoms with van der Waals surface area (Å²) in [7, 11) is 2.05. The van der Waals surface area contributed by atoms with Crippen LogP contribution in [0.15, 0.2) is 24.7 Å². The van der Waals surface area contributed by atoms with Crippen molar-refractivity contribution in [2.45, 2.75) is 25.4 Å². The van der Waals surface area contributed by atoms with Crippen LogP contribution in [0.2, 0.25) is 0 Å². The van der Waals surface area contributed by atoms with E-state index in [2.05, 4.69) is 25.3 Å². The Hall–Kier alpha value is -2.88. The zero-order valence-corrected chi connectivity index (χ0v) is 13.1. The van der Waals surface area contributed by atoms with Gasteiger partial charge in [0.1, 0.15) is 12.4 Å². The summed E-state index contributed by atoms with van der Waals surface area (Å²) in [5.41, 5.74) is 0.968. The molecule has 3 rings (SSSR count). The molecule has 1 amide bonds. The predicted molar refractivity (Wildman–Crippen MR) is 84.1 cm³/mol. The fraction of sp³-hybridized carbons (Fsp3) is 0.429. The Bertz CT molecular complexity index is 760. The number of carbonyl (C=O) groups is 1. The molecule has 2 aromatic heterocycles. The summed E-state index contributed by atoms with van der Waals surface area (Å²) >= 11 is 0. The van der Waals surface area contributed by atoms with Crippen molar-refractivity contribution in [2.75, 3.05) is 18.9 Å². The quantitative estimate of drug-likeness (QED) is 0.641. The third kappa shape index (κ3) is 3.38. The molecule has 1 unspecified atom stereocenters. The van der Waals surface area contributed by atoms with Gasteiger partial charge in [0.2, 0.25) is 12.2 Å². The fourth-order valence-corrected chi connectivity index (χ4v) is 2.86. The van der Waals surface area contributed by atoms with Crippen LogP contribution < -0.4 is 5.32 Å². The van der Waals surface area contributed by atoms with Gasteiger partial charge >= 0.3 is 5.95 Å². The van der Waals surface area contributed by atoms with Crippen LogP contribution in [0.4, 0.5) is 11.8 Å². The molecule has 126 valence electrons. The SMILES string of the molecule is CN1CCCC1c1cccnc1NC(=O)Cn1cnc([N+](=O)[O-])n1. The minimum atomic E-state index is -0.707. The van der Waals surface area contributed by atoms with E-state index in [4.69, 9.17) is 0 Å². The number of nitrogens with one attached hydrogen (secondary N) is 1. The maximum absolute atomic E-state index is 12.2. The van der Waals surface area contributed by atoms with Gasteiger partial charge in [0.05, 0.1) is 0 Å². The molecule has 3 heterocycles. The molecule has 0 spiro atoms. The van der Waals surface area contributed by atoms with Crippen molar-refractivity contribution < 1.29 is 9.72 Å². The standard InChI is InChI=1S/C14H17N7O3/c1-19-7-3-5-11(19)10-4-2-6-15-13(10)17-12(22)8-20-9-16-14(18-20)21(23)24/h2,4,6,9,11H,3,5,7-8H2,1H3,(H,15,17,22). The molecule has 0 saturated carbocycles. The first-order chi connectivity index (χ1) is 11.5. The van der Waals surface area contributed by atoms with Gasteiger partial charge < -0.3 is 15.4 Å². The van der Waals surface area contributed by atoms with Gasteiger partial charge in [0, 0.05) is 22.9 Å². The van der Waals surface area contributed by atoms with E-state index < -0.39 is 10.9 Å². The van der Waals surface area contributed by atoms with Crippen LogP contribution in [0.5, 0.6) is 0 Å². The Morgan fingerprint density at radius 1 is 1.50 bits per heavy atom. The van der Waals surface area contributed by atoms with Crippen molar-refractivity contribution in [1.29, 1.82) is 0 Å². The highest BCUT2D eigenvalue weighted by Crippen LogP contribution is 2.33. The van der Waals surface area contributed by atoms with Gasteiger partial charge in [-0.3, -0.25) is 9.69 Å². The number of aromatic nitrogens is 4. The molecule has 1 saturated heterocycles. The number of nitro groups is 1. The van der Waals surface area contributed by atoms with Gasteiger partial charge in [-0.2, -0.15) is 4.68 Å². The number of carbonyl (C=O) groups excluding carboxylic acids is 1. The summed E-state index contributed by atoms with van der Waals surface area (Å²) < 4.78 is 1.12. The second-order valence-corrected chi connectivity index (χ2v) is 5.63. The first-order valence-electron chi connectivity index (χ1n) is 7.53. The monoisotopic (exact) mass is 331 g/mol. The molecule has 0 bridgehead atoms. The van der Waals surface area contributed by atoms with E-state index in [1.807, 2.05) is 19.2 Å². The summed E-state index contributed by atoms with van der Waals surface area (Å²) in [6.07, 6.45) is 4.89. The van der Waals surface area contributed by atoms with Crippen LogP contribution in [-0.2, 0) is 11.3 Å². The van der Waals surface area contributed by atoms with Crippen LogP contribution in [0.25, 0.3) is 0 Å². The van der Waals surface area contributed by atoms with Crippen LogP contribution in [0, 0.1) is 10.1 Å². The number of rotatable bonds is 5. The van der Waals surface area contributed by atoms with E-state index in [-0.39, 0.29) is 18.5 Å². The average molecular weight is 331 g/mol. The van der Waals surface area contributed by atoms with Crippen molar-refractivity contribution in [3.05, 3.63) is 40.3 Å². The zero-order chi connectivity index (χ0) is 17.1. The van der Waals surface area contributed by atoms with Crippen molar-refractivity contribution in [3.63, 3.8) is 0 Å². The summed E-state index contributed by atoms with van der Waals surface area (Å²) in [4.78, 5) is 32.1. The van der Waals surface area contributed by atoms with Gasteiger partial charge in [0.15, 0.2) is 0 Å². The molecule has 2 aromatic rings. The normalized spacial score (nSPS) is 17.8. The Kier molecular flexibility index (Phi) is 4.47. The first kappa shape index (κ1) is 16.0. The minimum Gasteiger partial charge on any atom is -0.390 e. The molecule has 1 fully saturated rings. The van der Waals surface area contributed by atoms with Crippen molar-refractivity contribution >= 4 is 17.7 Å². The molecule has 0 aliphatic carbocycles. The molecule has 1 aliphatic rings. The third-order valence-corrected chi connectivity index (χ3v) is 3.97. The molecule has 10 nitrogen and oxygen atoms in total. The van der Waals surface area contributed by atoms with E-state index in [1.54, 1.807) is 6.20 Å². The largest absolute Gasteiger partial charge is 0.490 e. The summed E-state index contributed by atoms with van der Waals surface area (Å²) in [6, 6.07) is 4.02. The Balaban J connectivity index is 1.71. The lowest BCUT2D eigenvalue weighted by Gasteiger charge is -2.21. The lowest BCUT2D eigenvalue weighted by atomic mass is 10.1. The van der Waals surface area contributed by atoms with Crippen LogP contribution in [-0.4, -0.2) is 49.1 Å². The highest BCUT2D eigenvalue weighted by Gasteiger charge is 2.26. The lowest BCUT2D eigenvalue weighted by Crippen LogP contribution is -2.23. The smallest absolute Gasteiger partial charge is 0.390 e. The number of amides is 1. The lowest BCUT2D eigenvalue weighted by molar-refractivity contribution is -0.394. The zero-order valence-electron chi connectivity index (χ0n) is 13.1. The molecule has 0 aromatic carbocycles. The fourth-order valence-electron chi connectivity index (χ4n) is 2.86. The molecular weight excluding hydrogens is 314 g/mol. The number of anilines is 1. The molecular formula is C14H17N7O3. The van der Waals surface area contributed by atoms with Gasteiger partial charge in [0.25, 0.3) is 0 Å². The summed E-state index contributed by atoms with van der Waals surface area (Å²) in [6.45, 7) is 0.840. The average Bonchev–Trinajstić information content (AvgIpc) is 3.17. The van der Waals surface area contributed by atoms with E-state index in [0.29, 0.717) is 5.82 Å². The second-order valence-electron chi connectivity index (χ2n) is 5.63. The van der Waals surface area contributed by atoms with E-state index in [9.17, 15) is 14.9 Å². The van der Waals surface area contributed by atoms with Crippen LogP contribution in [0.3, 0.4) is 0 Å². The Morgan fingerprint density at radius 3 is 3.00 bits per heavy atom. The molecule has 10 heteroatoms. The second kappa shape index (κ2) is 6.71. The highest BCUT2D eigenvalue weighted by molar-refractivity contribution is 5.90. The number of hydrogen-bond acceptors (Lipinski definition) is 7. The van der Waals surface area contributed by atoms with Gasteiger partial charge in [-0.1, -0.05) is 11.1 Å². The number of likely N-dealkylation sites (tertiary alicyclic amines) is 1. The molecule has 1 aliphatic heterocycles. The van der Waals surface area contributed by atoms with E-state index in [1.165, 1.54) is 0 Å². The molecule has 0 radical (unpaired) electrons.